The Morgan fingerprint density at radius 3 is 3.00 bits per heavy atom. The lowest BCUT2D eigenvalue weighted by molar-refractivity contribution is -0.125. The van der Waals surface area contributed by atoms with Crippen LogP contribution in [-0.4, -0.2) is 38.8 Å². The van der Waals surface area contributed by atoms with E-state index >= 15 is 0 Å². The van der Waals surface area contributed by atoms with E-state index in [1.165, 1.54) is 11.3 Å². The van der Waals surface area contributed by atoms with E-state index < -0.39 is 12.0 Å². The lowest BCUT2D eigenvalue weighted by atomic mass is 10.3. The molecule has 0 aliphatic heterocycles. The van der Waals surface area contributed by atoms with Crippen molar-refractivity contribution in [2.75, 3.05) is 11.9 Å². The number of nitrogens with zero attached hydrogens (tertiary/aromatic N) is 3. The third kappa shape index (κ3) is 2.99. The number of pyridine rings is 1. The lowest BCUT2D eigenvalue weighted by Crippen LogP contribution is -2.34. The Labute approximate surface area is 107 Å². The minimum atomic E-state index is -1.24. The topological polar surface area (TPSA) is 114 Å². The molecule has 7 nitrogen and oxygen atoms in total. The molecule has 0 aliphatic rings. The van der Waals surface area contributed by atoms with Crippen molar-refractivity contribution in [2.45, 2.75) is 6.10 Å². The van der Waals surface area contributed by atoms with Crippen LogP contribution in [0.1, 0.15) is 0 Å². The zero-order valence-electron chi connectivity index (χ0n) is 9.28. The van der Waals surface area contributed by atoms with Gasteiger partial charge in [-0.3, -0.25) is 9.78 Å². The fraction of sp³-hybridized carbons (Fsp3) is 0.200. The van der Waals surface area contributed by atoms with Crippen LogP contribution in [0.25, 0.3) is 10.7 Å². The molecule has 4 N–H and O–H groups in total. The fourth-order valence-electron chi connectivity index (χ4n) is 1.17. The first-order valence-electron chi connectivity index (χ1n) is 5.13. The molecule has 0 fully saturated rings. The highest BCUT2D eigenvalue weighted by Gasteiger charge is 2.12. The van der Waals surface area contributed by atoms with E-state index in [9.17, 15) is 9.90 Å². The Bertz CT molecular complexity index is 530. The van der Waals surface area contributed by atoms with Crippen LogP contribution in [0.5, 0.6) is 0 Å². The van der Waals surface area contributed by atoms with E-state index in [2.05, 4.69) is 20.5 Å². The standard InChI is InChI=1S/C10H11N5O2S/c11-8(17)7(16)5-13-10-15-14-9(18-10)6-3-1-2-4-12-6/h1-4,7,16H,5H2,(H2,11,17)(H,13,15). The van der Waals surface area contributed by atoms with Crippen LogP contribution in [-0.2, 0) is 4.79 Å². The van der Waals surface area contributed by atoms with Gasteiger partial charge in [-0.2, -0.15) is 0 Å². The van der Waals surface area contributed by atoms with Gasteiger partial charge in [0.2, 0.25) is 11.0 Å². The number of aromatic nitrogens is 3. The van der Waals surface area contributed by atoms with E-state index in [0.29, 0.717) is 10.1 Å². The summed E-state index contributed by atoms with van der Waals surface area (Å²) in [5.74, 6) is -0.781. The molecule has 0 saturated heterocycles. The Morgan fingerprint density at radius 1 is 1.50 bits per heavy atom. The normalized spacial score (nSPS) is 12.1. The highest BCUT2D eigenvalue weighted by molar-refractivity contribution is 7.18. The van der Waals surface area contributed by atoms with Crippen molar-refractivity contribution in [3.63, 3.8) is 0 Å². The van der Waals surface area contributed by atoms with E-state index in [0.717, 1.165) is 5.69 Å². The van der Waals surface area contributed by atoms with Gasteiger partial charge in [0.25, 0.3) is 0 Å². The average molecular weight is 265 g/mol. The van der Waals surface area contributed by atoms with Crippen LogP contribution >= 0.6 is 11.3 Å². The monoisotopic (exact) mass is 265 g/mol. The minimum absolute atomic E-state index is 0.00614. The van der Waals surface area contributed by atoms with Crippen LogP contribution in [0.15, 0.2) is 24.4 Å². The van der Waals surface area contributed by atoms with E-state index in [1.54, 1.807) is 6.20 Å². The lowest BCUT2D eigenvalue weighted by Gasteiger charge is -2.05. The van der Waals surface area contributed by atoms with E-state index in [1.807, 2.05) is 18.2 Å². The van der Waals surface area contributed by atoms with Gasteiger partial charge in [0.1, 0.15) is 11.8 Å². The highest BCUT2D eigenvalue weighted by atomic mass is 32.1. The number of aliphatic hydroxyl groups is 1. The molecule has 8 heteroatoms. The fourth-order valence-corrected chi connectivity index (χ4v) is 1.90. The van der Waals surface area contributed by atoms with Crippen molar-refractivity contribution >= 4 is 22.4 Å². The maximum absolute atomic E-state index is 10.6. The number of rotatable bonds is 5. The number of aliphatic hydroxyl groups excluding tert-OH is 1. The van der Waals surface area contributed by atoms with Gasteiger partial charge in [0, 0.05) is 6.20 Å². The smallest absolute Gasteiger partial charge is 0.248 e. The number of hydrogen-bond donors (Lipinski definition) is 3. The Balaban J connectivity index is 2.01. The molecule has 2 aromatic rings. The molecule has 2 rings (SSSR count). The van der Waals surface area contributed by atoms with Gasteiger partial charge in [-0.15, -0.1) is 10.2 Å². The van der Waals surface area contributed by atoms with E-state index in [4.69, 9.17) is 5.73 Å². The first-order chi connectivity index (χ1) is 8.66. The molecule has 2 heterocycles. The maximum atomic E-state index is 10.6. The number of primary amides is 1. The van der Waals surface area contributed by atoms with Gasteiger partial charge in [-0.1, -0.05) is 17.4 Å². The van der Waals surface area contributed by atoms with Crippen molar-refractivity contribution < 1.29 is 9.90 Å². The Kier molecular flexibility index (Phi) is 3.80. The second-order valence-corrected chi connectivity index (χ2v) is 4.40. The highest BCUT2D eigenvalue weighted by Crippen LogP contribution is 2.24. The maximum Gasteiger partial charge on any atom is 0.248 e. The summed E-state index contributed by atoms with van der Waals surface area (Å²) in [7, 11) is 0. The van der Waals surface area contributed by atoms with Gasteiger partial charge in [-0.05, 0) is 12.1 Å². The van der Waals surface area contributed by atoms with Crippen molar-refractivity contribution in [3.05, 3.63) is 24.4 Å². The van der Waals surface area contributed by atoms with Crippen molar-refractivity contribution in [2.24, 2.45) is 5.73 Å². The van der Waals surface area contributed by atoms with Gasteiger partial charge >= 0.3 is 0 Å². The Morgan fingerprint density at radius 2 is 2.33 bits per heavy atom. The average Bonchev–Trinajstić information content (AvgIpc) is 2.85. The molecule has 0 radical (unpaired) electrons. The molecule has 1 unspecified atom stereocenters. The third-order valence-electron chi connectivity index (χ3n) is 2.08. The summed E-state index contributed by atoms with van der Waals surface area (Å²) in [6, 6.07) is 5.49. The van der Waals surface area contributed by atoms with E-state index in [-0.39, 0.29) is 6.54 Å². The second kappa shape index (κ2) is 5.52. The molecular weight excluding hydrogens is 254 g/mol. The van der Waals surface area contributed by atoms with Crippen LogP contribution in [0.2, 0.25) is 0 Å². The summed E-state index contributed by atoms with van der Waals surface area (Å²) in [4.78, 5) is 14.8. The molecule has 0 spiro atoms. The molecule has 18 heavy (non-hydrogen) atoms. The number of nitrogens with two attached hydrogens (primary N) is 1. The van der Waals surface area contributed by atoms with Gasteiger partial charge in [-0.25, -0.2) is 0 Å². The third-order valence-corrected chi connectivity index (χ3v) is 2.99. The van der Waals surface area contributed by atoms with Crippen molar-refractivity contribution in [1.82, 2.24) is 15.2 Å². The molecule has 1 amide bonds. The number of anilines is 1. The zero-order valence-corrected chi connectivity index (χ0v) is 10.1. The molecule has 0 aliphatic carbocycles. The van der Waals surface area contributed by atoms with Crippen LogP contribution in [0, 0.1) is 0 Å². The number of hydrogen-bond acceptors (Lipinski definition) is 7. The molecular formula is C10H11N5O2S. The predicted octanol–water partition coefficient (Wildman–Crippen LogP) is -0.142. The van der Waals surface area contributed by atoms with Crippen molar-refractivity contribution in [1.29, 1.82) is 0 Å². The molecule has 0 aromatic carbocycles. The largest absolute Gasteiger partial charge is 0.381 e. The molecule has 0 bridgehead atoms. The summed E-state index contributed by atoms with van der Waals surface area (Å²) in [6.07, 6.45) is 0.424. The molecule has 0 saturated carbocycles. The summed E-state index contributed by atoms with van der Waals surface area (Å²) in [5, 5.41) is 21.0. The molecule has 94 valence electrons. The van der Waals surface area contributed by atoms with Gasteiger partial charge in [0.05, 0.1) is 6.54 Å². The SMILES string of the molecule is NC(=O)C(O)CNc1nnc(-c2ccccn2)s1. The minimum Gasteiger partial charge on any atom is -0.381 e. The Hall–Kier alpha value is -2.06. The first-order valence-corrected chi connectivity index (χ1v) is 5.94. The summed E-state index contributed by atoms with van der Waals surface area (Å²) >= 11 is 1.28. The van der Waals surface area contributed by atoms with Gasteiger partial charge in [0.15, 0.2) is 5.01 Å². The summed E-state index contributed by atoms with van der Waals surface area (Å²) in [6.45, 7) is 0.00614. The van der Waals surface area contributed by atoms with Crippen LogP contribution in [0.4, 0.5) is 5.13 Å². The predicted molar refractivity (Wildman–Crippen MR) is 66.8 cm³/mol. The zero-order chi connectivity index (χ0) is 13.0. The van der Waals surface area contributed by atoms with Crippen LogP contribution < -0.4 is 11.1 Å². The summed E-state index contributed by atoms with van der Waals surface area (Å²) < 4.78 is 0. The second-order valence-electron chi connectivity index (χ2n) is 3.43. The molecule has 2 aromatic heterocycles. The van der Waals surface area contributed by atoms with Gasteiger partial charge < -0.3 is 16.2 Å². The first kappa shape index (κ1) is 12.4. The van der Waals surface area contributed by atoms with Crippen LogP contribution in [0.3, 0.4) is 0 Å². The quantitative estimate of drug-likeness (QED) is 0.693. The number of carbonyl (C=O) groups excluding carboxylic acids is 1. The number of nitrogens with one attached hydrogen (secondary N) is 1. The summed E-state index contributed by atoms with van der Waals surface area (Å²) in [5.41, 5.74) is 5.65. The number of amides is 1. The molecule has 1 atom stereocenters. The number of carbonyl (C=O) groups is 1. The van der Waals surface area contributed by atoms with Crippen molar-refractivity contribution in [3.8, 4) is 10.7 Å².